The minimum Gasteiger partial charge on any atom is -0.368 e. The first kappa shape index (κ1) is 20.8. The van der Waals surface area contributed by atoms with Crippen LogP contribution in [-0.4, -0.2) is 24.5 Å². The van der Waals surface area contributed by atoms with Crippen LogP contribution in [0, 0.1) is 12.7 Å². The fraction of sp³-hybridized carbons (Fsp3) is 0.300. The minimum absolute atomic E-state index is 0.0510. The van der Waals surface area contributed by atoms with E-state index in [2.05, 4.69) is 10.6 Å². The van der Waals surface area contributed by atoms with Gasteiger partial charge in [-0.3, -0.25) is 9.59 Å². The second-order valence-corrected chi connectivity index (χ2v) is 6.67. The Morgan fingerprint density at radius 2 is 1.83 bits per heavy atom. The Balaban J connectivity index is 1.79. The first-order valence-corrected chi connectivity index (χ1v) is 8.86. The zero-order chi connectivity index (χ0) is 21.2. The molecule has 0 radical (unpaired) electrons. The SMILES string of the molecule is Cc1ccc(C(=O)Nc2cc(C(F)(F)F)ccc2F)cc1NC(=O)[C@H]1CCCO1. The van der Waals surface area contributed by atoms with Gasteiger partial charge in [0.05, 0.1) is 11.3 Å². The molecule has 0 spiro atoms. The lowest BCUT2D eigenvalue weighted by molar-refractivity contribution is -0.137. The molecule has 154 valence electrons. The highest BCUT2D eigenvalue weighted by Crippen LogP contribution is 2.32. The number of anilines is 2. The Kier molecular flexibility index (Phi) is 5.88. The number of carbonyl (C=O) groups is 2. The van der Waals surface area contributed by atoms with Gasteiger partial charge in [0.1, 0.15) is 11.9 Å². The van der Waals surface area contributed by atoms with Crippen molar-refractivity contribution in [2.75, 3.05) is 17.2 Å². The van der Waals surface area contributed by atoms with Crippen molar-refractivity contribution in [2.45, 2.75) is 32.0 Å². The maximum absolute atomic E-state index is 13.9. The van der Waals surface area contributed by atoms with Gasteiger partial charge in [-0.05, 0) is 55.7 Å². The van der Waals surface area contributed by atoms with E-state index < -0.39 is 35.3 Å². The monoisotopic (exact) mass is 410 g/mol. The molecule has 1 heterocycles. The summed E-state index contributed by atoms with van der Waals surface area (Å²) in [5.41, 5.74) is -0.575. The summed E-state index contributed by atoms with van der Waals surface area (Å²) in [7, 11) is 0. The molecule has 0 aromatic heterocycles. The molecule has 2 N–H and O–H groups in total. The molecule has 5 nitrogen and oxygen atoms in total. The molecule has 2 aromatic rings. The predicted octanol–water partition coefficient (Wildman–Crippen LogP) is 4.52. The van der Waals surface area contributed by atoms with Crippen molar-refractivity contribution < 1.29 is 31.9 Å². The van der Waals surface area contributed by atoms with E-state index in [4.69, 9.17) is 4.74 Å². The van der Waals surface area contributed by atoms with Crippen LogP contribution < -0.4 is 10.6 Å². The Bertz CT molecular complexity index is 938. The molecule has 1 aliphatic heterocycles. The van der Waals surface area contributed by atoms with Crippen LogP contribution in [0.5, 0.6) is 0 Å². The van der Waals surface area contributed by atoms with E-state index in [9.17, 15) is 27.2 Å². The summed E-state index contributed by atoms with van der Waals surface area (Å²) < 4.78 is 57.6. The van der Waals surface area contributed by atoms with Gasteiger partial charge in [0.2, 0.25) is 0 Å². The van der Waals surface area contributed by atoms with Gasteiger partial charge in [-0.1, -0.05) is 6.07 Å². The number of benzene rings is 2. The van der Waals surface area contributed by atoms with Gasteiger partial charge in [-0.15, -0.1) is 0 Å². The fourth-order valence-electron chi connectivity index (χ4n) is 2.89. The van der Waals surface area contributed by atoms with E-state index in [1.807, 2.05) is 0 Å². The first-order chi connectivity index (χ1) is 13.6. The highest BCUT2D eigenvalue weighted by molar-refractivity contribution is 6.06. The molecule has 0 saturated carbocycles. The smallest absolute Gasteiger partial charge is 0.368 e. The highest BCUT2D eigenvalue weighted by Gasteiger charge is 2.31. The van der Waals surface area contributed by atoms with E-state index in [0.717, 1.165) is 6.42 Å². The number of hydrogen-bond donors (Lipinski definition) is 2. The van der Waals surface area contributed by atoms with Crippen molar-refractivity contribution in [3.8, 4) is 0 Å². The molecule has 1 saturated heterocycles. The maximum atomic E-state index is 13.9. The summed E-state index contributed by atoms with van der Waals surface area (Å²) in [6, 6.07) is 6.14. The number of nitrogens with one attached hydrogen (secondary N) is 2. The predicted molar refractivity (Wildman–Crippen MR) is 98.1 cm³/mol. The number of alkyl halides is 3. The molecule has 29 heavy (non-hydrogen) atoms. The lowest BCUT2D eigenvalue weighted by Crippen LogP contribution is -2.27. The second-order valence-electron chi connectivity index (χ2n) is 6.67. The average Bonchev–Trinajstić information content (AvgIpc) is 3.19. The van der Waals surface area contributed by atoms with Gasteiger partial charge in [0.25, 0.3) is 11.8 Å². The Labute approximate surface area is 164 Å². The zero-order valence-corrected chi connectivity index (χ0v) is 15.4. The van der Waals surface area contributed by atoms with Crippen LogP contribution in [0.15, 0.2) is 36.4 Å². The molecule has 1 atom stereocenters. The molecule has 0 bridgehead atoms. The van der Waals surface area contributed by atoms with Crippen molar-refractivity contribution in [1.29, 1.82) is 0 Å². The summed E-state index contributed by atoms with van der Waals surface area (Å²) in [6.45, 7) is 2.22. The highest BCUT2D eigenvalue weighted by atomic mass is 19.4. The number of ether oxygens (including phenoxy) is 1. The minimum atomic E-state index is -4.67. The molecule has 2 aromatic carbocycles. The Morgan fingerprint density at radius 1 is 1.07 bits per heavy atom. The third-order valence-corrected chi connectivity index (χ3v) is 4.52. The molecule has 0 aliphatic carbocycles. The summed E-state index contributed by atoms with van der Waals surface area (Å²) in [5, 5.41) is 4.83. The summed E-state index contributed by atoms with van der Waals surface area (Å²) in [4.78, 5) is 24.7. The summed E-state index contributed by atoms with van der Waals surface area (Å²) in [5.74, 6) is -2.15. The van der Waals surface area contributed by atoms with Gasteiger partial charge >= 0.3 is 6.18 Å². The second kappa shape index (κ2) is 8.20. The first-order valence-electron chi connectivity index (χ1n) is 8.86. The number of amides is 2. The van der Waals surface area contributed by atoms with Gasteiger partial charge < -0.3 is 15.4 Å². The largest absolute Gasteiger partial charge is 0.416 e. The molecule has 3 rings (SSSR count). The van der Waals surface area contributed by atoms with Crippen LogP contribution in [-0.2, 0) is 15.7 Å². The fourth-order valence-corrected chi connectivity index (χ4v) is 2.89. The number of aryl methyl sites for hydroxylation is 1. The van der Waals surface area contributed by atoms with E-state index in [-0.39, 0.29) is 11.5 Å². The lowest BCUT2D eigenvalue weighted by atomic mass is 10.1. The van der Waals surface area contributed by atoms with Gasteiger partial charge in [0.15, 0.2) is 0 Å². The zero-order valence-electron chi connectivity index (χ0n) is 15.4. The van der Waals surface area contributed by atoms with E-state index >= 15 is 0 Å². The van der Waals surface area contributed by atoms with Crippen LogP contribution in [0.1, 0.15) is 34.3 Å². The molecule has 2 amide bonds. The van der Waals surface area contributed by atoms with Crippen molar-refractivity contribution in [3.63, 3.8) is 0 Å². The lowest BCUT2D eigenvalue weighted by Gasteiger charge is -2.14. The van der Waals surface area contributed by atoms with Crippen LogP contribution in [0.3, 0.4) is 0 Å². The molecular formula is C20H18F4N2O3. The van der Waals surface area contributed by atoms with Gasteiger partial charge in [-0.25, -0.2) is 4.39 Å². The quantitative estimate of drug-likeness (QED) is 0.729. The number of rotatable bonds is 4. The van der Waals surface area contributed by atoms with Gasteiger partial charge in [-0.2, -0.15) is 13.2 Å². The van der Waals surface area contributed by atoms with E-state index in [1.165, 1.54) is 12.1 Å². The number of hydrogen-bond acceptors (Lipinski definition) is 3. The molecule has 1 aliphatic rings. The van der Waals surface area contributed by atoms with Crippen LogP contribution in [0.2, 0.25) is 0 Å². The normalized spacial score (nSPS) is 16.5. The third kappa shape index (κ3) is 4.92. The van der Waals surface area contributed by atoms with Crippen LogP contribution in [0.25, 0.3) is 0 Å². The molecule has 1 fully saturated rings. The number of halogens is 4. The molecule has 0 unspecified atom stereocenters. The topological polar surface area (TPSA) is 67.4 Å². The van der Waals surface area contributed by atoms with Crippen LogP contribution in [0.4, 0.5) is 28.9 Å². The van der Waals surface area contributed by atoms with Crippen molar-refractivity contribution in [2.24, 2.45) is 0 Å². The van der Waals surface area contributed by atoms with Crippen molar-refractivity contribution in [3.05, 3.63) is 58.9 Å². The third-order valence-electron chi connectivity index (χ3n) is 4.52. The van der Waals surface area contributed by atoms with Crippen molar-refractivity contribution in [1.82, 2.24) is 0 Å². The Morgan fingerprint density at radius 3 is 2.48 bits per heavy atom. The number of carbonyl (C=O) groups excluding carboxylic acids is 2. The molecule has 9 heteroatoms. The van der Waals surface area contributed by atoms with E-state index in [0.29, 0.717) is 42.5 Å². The average molecular weight is 410 g/mol. The molecular weight excluding hydrogens is 392 g/mol. The standard InChI is InChI=1S/C20H18F4N2O3/c1-11-4-5-12(9-15(11)25-19(28)17-3-2-8-29-17)18(27)26-16-10-13(20(22,23)24)6-7-14(16)21/h4-7,9-10,17H,2-3,8H2,1H3,(H,25,28)(H,26,27)/t17-/m1/s1. The maximum Gasteiger partial charge on any atom is 0.416 e. The summed E-state index contributed by atoms with van der Waals surface area (Å²) >= 11 is 0. The van der Waals surface area contributed by atoms with E-state index in [1.54, 1.807) is 13.0 Å². The van der Waals surface area contributed by atoms with Crippen molar-refractivity contribution >= 4 is 23.2 Å². The Hall–Kier alpha value is -2.94. The summed E-state index contributed by atoms with van der Waals surface area (Å²) in [6.07, 6.45) is -3.86. The van der Waals surface area contributed by atoms with Crippen LogP contribution >= 0.6 is 0 Å². The van der Waals surface area contributed by atoms with Gasteiger partial charge in [0, 0.05) is 17.9 Å².